The average Bonchev–Trinajstić information content (AvgIpc) is 2.55. The fourth-order valence-electron chi connectivity index (χ4n) is 2.43. The van der Waals surface area contributed by atoms with Crippen molar-refractivity contribution in [3.05, 3.63) is 17.7 Å². The van der Waals surface area contributed by atoms with Crippen LogP contribution in [0.25, 0.3) is 0 Å². The van der Waals surface area contributed by atoms with Crippen molar-refractivity contribution in [1.82, 2.24) is 5.32 Å². The van der Waals surface area contributed by atoms with Gasteiger partial charge in [-0.2, -0.15) is 0 Å². The molecule has 1 rings (SSSR count). The van der Waals surface area contributed by atoms with Crippen LogP contribution in [0.2, 0.25) is 0 Å². The van der Waals surface area contributed by atoms with Crippen LogP contribution in [-0.4, -0.2) is 47.0 Å². The smallest absolute Gasteiger partial charge is 0.504 e. The predicted octanol–water partition coefficient (Wildman–Crippen LogP) is 2.11. The Hall–Kier alpha value is -2.97. The predicted molar refractivity (Wildman–Crippen MR) is 90.3 cm³/mol. The first kappa shape index (κ1) is 21.1. The number of phenolic OH excluding ortho intramolecular Hbond substituents is 2. The molecule has 0 saturated heterocycles. The van der Waals surface area contributed by atoms with Gasteiger partial charge in [-0.1, -0.05) is 13.8 Å². The zero-order valence-corrected chi connectivity index (χ0v) is 14.8. The lowest BCUT2D eigenvalue weighted by Crippen LogP contribution is -2.31. The Morgan fingerprint density at radius 2 is 1.85 bits per heavy atom. The maximum Gasteiger partial charge on any atom is 0.513 e. The number of amides is 1. The highest BCUT2D eigenvalue weighted by molar-refractivity contribution is 5.95. The van der Waals surface area contributed by atoms with E-state index >= 15 is 0 Å². The van der Waals surface area contributed by atoms with Crippen LogP contribution in [0.1, 0.15) is 37.0 Å². The fourth-order valence-corrected chi connectivity index (χ4v) is 2.43. The number of carboxylic acid groups (broad SMARTS) is 1. The van der Waals surface area contributed by atoms with Crippen molar-refractivity contribution in [2.45, 2.75) is 26.7 Å². The molecule has 0 spiro atoms. The Labute approximate surface area is 150 Å². The summed E-state index contributed by atoms with van der Waals surface area (Å²) >= 11 is 0. The van der Waals surface area contributed by atoms with Gasteiger partial charge in [0, 0.05) is 18.5 Å². The van der Waals surface area contributed by atoms with Crippen molar-refractivity contribution in [3.8, 4) is 17.2 Å². The molecule has 1 amide bonds. The maximum atomic E-state index is 12.3. The van der Waals surface area contributed by atoms with Crippen LogP contribution >= 0.6 is 0 Å². The lowest BCUT2D eigenvalue weighted by molar-refractivity contribution is -0.138. The molecule has 1 aromatic rings. The summed E-state index contributed by atoms with van der Waals surface area (Å²) in [6.45, 7) is 4.02. The van der Waals surface area contributed by atoms with Crippen LogP contribution in [-0.2, 0) is 9.53 Å². The maximum absolute atomic E-state index is 12.3. The van der Waals surface area contributed by atoms with Crippen molar-refractivity contribution in [2.75, 3.05) is 13.7 Å². The van der Waals surface area contributed by atoms with E-state index in [4.69, 9.17) is 5.11 Å². The number of rotatable bonds is 8. The quantitative estimate of drug-likeness (QED) is 0.310. The summed E-state index contributed by atoms with van der Waals surface area (Å²) in [5, 5.41) is 30.9. The van der Waals surface area contributed by atoms with Crippen LogP contribution in [0.5, 0.6) is 17.2 Å². The van der Waals surface area contributed by atoms with Crippen LogP contribution < -0.4 is 10.1 Å². The number of aromatic hydroxyl groups is 2. The van der Waals surface area contributed by atoms with Gasteiger partial charge >= 0.3 is 12.1 Å². The molecule has 0 aliphatic carbocycles. The molecule has 9 nitrogen and oxygen atoms in total. The van der Waals surface area contributed by atoms with Gasteiger partial charge in [0.25, 0.3) is 5.91 Å². The van der Waals surface area contributed by atoms with E-state index in [2.05, 4.69) is 14.8 Å². The first-order valence-electron chi connectivity index (χ1n) is 7.95. The highest BCUT2D eigenvalue weighted by atomic mass is 16.7. The third-order valence-electron chi connectivity index (χ3n) is 3.50. The zero-order chi connectivity index (χ0) is 19.9. The number of nitrogens with one attached hydrogen (secondary N) is 1. The molecule has 0 aromatic heterocycles. The molecule has 0 aliphatic rings. The third-order valence-corrected chi connectivity index (χ3v) is 3.50. The number of methoxy groups -OCH3 is 1. The summed E-state index contributed by atoms with van der Waals surface area (Å²) in [6, 6.07) is 2.07. The van der Waals surface area contributed by atoms with Gasteiger partial charge in [0.15, 0.2) is 11.5 Å². The van der Waals surface area contributed by atoms with E-state index in [1.54, 1.807) is 0 Å². The Kier molecular flexibility index (Phi) is 7.70. The molecule has 0 unspecified atom stereocenters. The molecule has 1 atom stereocenters. The van der Waals surface area contributed by atoms with E-state index in [0.717, 1.165) is 19.2 Å². The molecule has 0 radical (unpaired) electrons. The van der Waals surface area contributed by atoms with E-state index in [1.807, 2.05) is 13.8 Å². The number of benzene rings is 1. The molecular formula is C17H23NO8. The van der Waals surface area contributed by atoms with Gasteiger partial charge < -0.3 is 30.1 Å². The molecule has 0 fully saturated rings. The molecule has 0 saturated carbocycles. The topological polar surface area (TPSA) is 142 Å². The summed E-state index contributed by atoms with van der Waals surface area (Å²) in [7, 11) is 1.06. The van der Waals surface area contributed by atoms with Gasteiger partial charge in [-0.05, 0) is 30.4 Å². The van der Waals surface area contributed by atoms with Gasteiger partial charge in [0.1, 0.15) is 0 Å². The lowest BCUT2D eigenvalue weighted by atomic mass is 9.94. The van der Waals surface area contributed by atoms with Gasteiger partial charge in [-0.3, -0.25) is 9.59 Å². The Morgan fingerprint density at radius 3 is 2.38 bits per heavy atom. The van der Waals surface area contributed by atoms with Crippen molar-refractivity contribution in [2.24, 2.45) is 11.8 Å². The minimum Gasteiger partial charge on any atom is -0.504 e. The number of ether oxygens (including phenoxy) is 2. The molecule has 0 aliphatic heterocycles. The van der Waals surface area contributed by atoms with E-state index in [0.29, 0.717) is 6.42 Å². The number of aliphatic carboxylic acids is 1. The number of hydrogen-bond donors (Lipinski definition) is 4. The SMILES string of the molecule is COC(=O)Oc1cc(C(=O)NC[C@H](CC(=O)O)CC(C)C)cc(O)c1O. The molecule has 4 N–H and O–H groups in total. The monoisotopic (exact) mass is 369 g/mol. The lowest BCUT2D eigenvalue weighted by Gasteiger charge is -2.18. The van der Waals surface area contributed by atoms with E-state index < -0.39 is 35.3 Å². The standard InChI is InChI=1S/C17H23NO8/c1-9(2)4-10(5-14(20)21)8-18-16(23)11-6-12(19)15(22)13(7-11)26-17(24)25-3/h6-7,9-10,19,22H,4-5,8H2,1-3H3,(H,18,23)(H,20,21)/t10-/m0/s1. The molecule has 9 heteroatoms. The second-order valence-electron chi connectivity index (χ2n) is 6.20. The molecule has 26 heavy (non-hydrogen) atoms. The molecule has 0 bridgehead atoms. The first-order valence-corrected chi connectivity index (χ1v) is 7.95. The second kappa shape index (κ2) is 9.50. The van der Waals surface area contributed by atoms with Crippen molar-refractivity contribution < 1.29 is 39.2 Å². The van der Waals surface area contributed by atoms with Gasteiger partial charge in [0.05, 0.1) is 7.11 Å². The van der Waals surface area contributed by atoms with Crippen molar-refractivity contribution in [3.63, 3.8) is 0 Å². The normalized spacial score (nSPS) is 11.7. The van der Waals surface area contributed by atoms with E-state index in [-0.39, 0.29) is 30.4 Å². The minimum atomic E-state index is -1.13. The largest absolute Gasteiger partial charge is 0.513 e. The summed E-state index contributed by atoms with van der Waals surface area (Å²) in [5.74, 6) is -3.38. The fraction of sp³-hybridized carbons (Fsp3) is 0.471. The highest BCUT2D eigenvalue weighted by Crippen LogP contribution is 2.36. The number of carboxylic acids is 1. The Morgan fingerprint density at radius 1 is 1.19 bits per heavy atom. The van der Waals surface area contributed by atoms with Crippen molar-refractivity contribution >= 4 is 18.0 Å². The van der Waals surface area contributed by atoms with Crippen LogP contribution in [0.15, 0.2) is 12.1 Å². The van der Waals surface area contributed by atoms with Gasteiger partial charge in [-0.15, -0.1) is 0 Å². The van der Waals surface area contributed by atoms with Crippen molar-refractivity contribution in [1.29, 1.82) is 0 Å². The second-order valence-corrected chi connectivity index (χ2v) is 6.20. The number of carbonyl (C=O) groups is 3. The minimum absolute atomic E-state index is 0.0715. The molecule has 144 valence electrons. The van der Waals surface area contributed by atoms with E-state index in [9.17, 15) is 24.6 Å². The number of carbonyl (C=O) groups excluding carboxylic acids is 2. The van der Waals surface area contributed by atoms with Crippen LogP contribution in [0.4, 0.5) is 4.79 Å². The summed E-state index contributed by atoms with van der Waals surface area (Å²) in [5.41, 5.74) is -0.0715. The molecule has 0 heterocycles. The highest BCUT2D eigenvalue weighted by Gasteiger charge is 2.20. The average molecular weight is 369 g/mol. The third kappa shape index (κ3) is 6.50. The van der Waals surface area contributed by atoms with Crippen LogP contribution in [0.3, 0.4) is 0 Å². The summed E-state index contributed by atoms with van der Waals surface area (Å²) in [4.78, 5) is 34.4. The Bertz CT molecular complexity index is 671. The first-order chi connectivity index (χ1) is 12.1. The Balaban J connectivity index is 2.88. The zero-order valence-electron chi connectivity index (χ0n) is 14.8. The number of hydrogen-bond acceptors (Lipinski definition) is 7. The van der Waals surface area contributed by atoms with Crippen LogP contribution in [0, 0.1) is 11.8 Å². The summed E-state index contributed by atoms with van der Waals surface area (Å²) in [6.07, 6.45) is -0.601. The number of phenols is 2. The molecular weight excluding hydrogens is 346 g/mol. The summed E-state index contributed by atoms with van der Waals surface area (Å²) < 4.78 is 8.96. The van der Waals surface area contributed by atoms with Gasteiger partial charge in [-0.25, -0.2) is 4.79 Å². The van der Waals surface area contributed by atoms with E-state index in [1.165, 1.54) is 0 Å². The van der Waals surface area contributed by atoms with Gasteiger partial charge in [0.2, 0.25) is 5.75 Å². The molecule has 1 aromatic carbocycles.